The molecule has 1 saturated heterocycles. The Bertz CT molecular complexity index is 1490. The molecular weight excluding hydrogens is 494 g/mol. The fourth-order valence-electron chi connectivity index (χ4n) is 6.43. The zero-order chi connectivity index (χ0) is 27.8. The number of anilines is 1. The highest BCUT2D eigenvalue weighted by Gasteiger charge is 2.25. The first-order valence-corrected chi connectivity index (χ1v) is 14.8. The topological polar surface area (TPSA) is 55.5 Å². The van der Waals surface area contributed by atoms with E-state index in [1.807, 2.05) is 36.5 Å². The lowest BCUT2D eigenvalue weighted by atomic mass is 9.86. The normalized spacial score (nSPS) is 20.1. The third-order valence-electron chi connectivity index (χ3n) is 9.20. The largest absolute Gasteiger partial charge is 0.369 e. The maximum absolute atomic E-state index is 13.2. The highest BCUT2D eigenvalue weighted by Crippen LogP contribution is 2.33. The molecule has 1 amide bonds. The van der Waals surface area contributed by atoms with Crippen LogP contribution in [0.5, 0.6) is 0 Å². The number of carbonyl (C=O) groups excluding carboxylic acids is 1. The third-order valence-corrected chi connectivity index (χ3v) is 9.20. The van der Waals surface area contributed by atoms with Crippen molar-refractivity contribution in [3.05, 3.63) is 72.1 Å². The van der Waals surface area contributed by atoms with E-state index in [-0.39, 0.29) is 5.91 Å². The summed E-state index contributed by atoms with van der Waals surface area (Å²) >= 11 is 0. The SMILES string of the molecule is Cc1cc(-c2cnc3[nH]cc(-c4ccc(C(=O)N(C)C5CCC(C)CC5)cc4)c3c2)ccc1N1CCN(C)CC1. The summed E-state index contributed by atoms with van der Waals surface area (Å²) < 4.78 is 0. The number of nitrogens with one attached hydrogen (secondary N) is 1. The summed E-state index contributed by atoms with van der Waals surface area (Å²) in [5, 5.41) is 1.09. The minimum absolute atomic E-state index is 0.115. The number of piperazine rings is 1. The van der Waals surface area contributed by atoms with Crippen LogP contribution < -0.4 is 4.90 Å². The molecule has 0 unspecified atom stereocenters. The molecule has 0 radical (unpaired) electrons. The molecule has 2 fully saturated rings. The van der Waals surface area contributed by atoms with Gasteiger partial charge >= 0.3 is 0 Å². The Labute approximate surface area is 238 Å². The van der Waals surface area contributed by atoms with Crippen LogP contribution in [0.4, 0.5) is 5.69 Å². The quantitative estimate of drug-likeness (QED) is 0.313. The number of aryl methyl sites for hydroxylation is 1. The summed E-state index contributed by atoms with van der Waals surface area (Å²) in [5.41, 5.74) is 8.71. The van der Waals surface area contributed by atoms with E-state index in [0.29, 0.717) is 6.04 Å². The van der Waals surface area contributed by atoms with E-state index in [1.165, 1.54) is 29.7 Å². The van der Waals surface area contributed by atoms with Gasteiger partial charge < -0.3 is 19.7 Å². The molecule has 6 rings (SSSR count). The lowest BCUT2D eigenvalue weighted by Gasteiger charge is -2.35. The van der Waals surface area contributed by atoms with Gasteiger partial charge in [0.15, 0.2) is 0 Å². The Kier molecular flexibility index (Phi) is 7.37. The van der Waals surface area contributed by atoms with Crippen molar-refractivity contribution in [3.8, 4) is 22.3 Å². The van der Waals surface area contributed by atoms with Gasteiger partial charge in [0.05, 0.1) is 0 Å². The van der Waals surface area contributed by atoms with Crippen molar-refractivity contribution in [2.75, 3.05) is 45.2 Å². The number of amides is 1. The van der Waals surface area contributed by atoms with Crippen molar-refractivity contribution in [1.29, 1.82) is 0 Å². The first-order valence-electron chi connectivity index (χ1n) is 14.8. The van der Waals surface area contributed by atoms with Crippen molar-refractivity contribution in [1.82, 2.24) is 19.8 Å². The summed E-state index contributed by atoms with van der Waals surface area (Å²) in [5.74, 6) is 0.889. The predicted molar refractivity (Wildman–Crippen MR) is 165 cm³/mol. The van der Waals surface area contributed by atoms with Crippen LogP contribution in [0, 0.1) is 12.8 Å². The second kappa shape index (κ2) is 11.1. The van der Waals surface area contributed by atoms with Crippen molar-refractivity contribution in [3.63, 3.8) is 0 Å². The maximum Gasteiger partial charge on any atom is 0.253 e. The first-order chi connectivity index (χ1) is 19.4. The minimum Gasteiger partial charge on any atom is -0.369 e. The molecule has 6 heteroatoms. The average molecular weight is 536 g/mol. The molecule has 1 N–H and O–H groups in total. The Balaban J connectivity index is 1.22. The molecule has 2 aromatic heterocycles. The van der Waals surface area contributed by atoms with Crippen LogP contribution in [0.15, 0.2) is 60.9 Å². The van der Waals surface area contributed by atoms with Crippen LogP contribution in [0.25, 0.3) is 33.3 Å². The number of carbonyl (C=O) groups is 1. The molecule has 1 aliphatic carbocycles. The fraction of sp³-hybridized carbons (Fsp3) is 0.412. The molecule has 1 aliphatic heterocycles. The summed E-state index contributed by atoms with van der Waals surface area (Å²) in [7, 11) is 4.15. The number of nitrogens with zero attached hydrogens (tertiary/aromatic N) is 4. The number of H-pyrrole nitrogens is 1. The molecule has 0 atom stereocenters. The van der Waals surface area contributed by atoms with Crippen LogP contribution in [-0.4, -0.2) is 72.0 Å². The Morgan fingerprint density at radius 2 is 1.62 bits per heavy atom. The van der Waals surface area contributed by atoms with Crippen molar-refractivity contribution in [2.45, 2.75) is 45.6 Å². The van der Waals surface area contributed by atoms with E-state index < -0.39 is 0 Å². The summed E-state index contributed by atoms with van der Waals surface area (Å²) in [6.07, 6.45) is 8.59. The number of aromatic amines is 1. The Morgan fingerprint density at radius 3 is 2.33 bits per heavy atom. The molecule has 1 saturated carbocycles. The highest BCUT2D eigenvalue weighted by atomic mass is 16.2. The molecule has 4 aromatic rings. The van der Waals surface area contributed by atoms with E-state index in [0.717, 1.165) is 78.2 Å². The number of hydrogen-bond acceptors (Lipinski definition) is 4. The smallest absolute Gasteiger partial charge is 0.253 e. The number of pyridine rings is 1. The van der Waals surface area contributed by atoms with Gasteiger partial charge in [-0.05, 0) is 92.6 Å². The average Bonchev–Trinajstić information content (AvgIpc) is 3.41. The lowest BCUT2D eigenvalue weighted by Crippen LogP contribution is -2.44. The van der Waals surface area contributed by atoms with Gasteiger partial charge in [-0.15, -0.1) is 0 Å². The molecule has 40 heavy (non-hydrogen) atoms. The molecule has 6 nitrogen and oxygen atoms in total. The van der Waals surface area contributed by atoms with Crippen LogP contribution in [-0.2, 0) is 0 Å². The third kappa shape index (κ3) is 5.25. The molecule has 2 aromatic carbocycles. The van der Waals surface area contributed by atoms with Gasteiger partial charge in [-0.1, -0.05) is 25.1 Å². The van der Waals surface area contributed by atoms with E-state index in [2.05, 4.69) is 72.1 Å². The van der Waals surface area contributed by atoms with E-state index in [4.69, 9.17) is 4.98 Å². The van der Waals surface area contributed by atoms with Crippen LogP contribution in [0.2, 0.25) is 0 Å². The summed E-state index contributed by atoms with van der Waals surface area (Å²) in [4.78, 5) is 28.1. The van der Waals surface area contributed by atoms with E-state index >= 15 is 0 Å². The van der Waals surface area contributed by atoms with Gasteiger partial charge in [-0.3, -0.25) is 4.79 Å². The van der Waals surface area contributed by atoms with Gasteiger partial charge in [0.25, 0.3) is 5.91 Å². The van der Waals surface area contributed by atoms with Crippen LogP contribution in [0.1, 0.15) is 48.5 Å². The van der Waals surface area contributed by atoms with Gasteiger partial charge in [-0.2, -0.15) is 0 Å². The highest BCUT2D eigenvalue weighted by molar-refractivity contribution is 5.98. The van der Waals surface area contributed by atoms with Crippen LogP contribution in [0.3, 0.4) is 0 Å². The van der Waals surface area contributed by atoms with E-state index in [1.54, 1.807) is 0 Å². The number of likely N-dealkylation sites (N-methyl/N-ethyl adjacent to an activating group) is 1. The number of rotatable bonds is 5. The standard InChI is InChI=1S/C34H41N5O/c1-23-5-12-29(13-6-23)38(4)34(40)26-9-7-25(8-10-26)31-22-36-33-30(31)20-28(21-35-33)27-11-14-32(24(2)19-27)39-17-15-37(3)16-18-39/h7-11,14,19-23,29H,5-6,12-13,15-18H2,1-4H3,(H,35,36). The summed E-state index contributed by atoms with van der Waals surface area (Å²) in [6.45, 7) is 8.86. The van der Waals surface area contributed by atoms with Crippen molar-refractivity contribution < 1.29 is 4.79 Å². The number of fused-ring (bicyclic) bond motifs is 1. The van der Waals surface area contributed by atoms with Crippen LogP contribution >= 0.6 is 0 Å². The van der Waals surface area contributed by atoms with Gasteiger partial charge in [0, 0.05) is 79.4 Å². The fourth-order valence-corrected chi connectivity index (χ4v) is 6.43. The Hall–Kier alpha value is -3.64. The molecule has 208 valence electrons. The van der Waals surface area contributed by atoms with Gasteiger partial charge in [-0.25, -0.2) is 4.98 Å². The van der Waals surface area contributed by atoms with E-state index in [9.17, 15) is 4.79 Å². The maximum atomic E-state index is 13.2. The molecule has 3 heterocycles. The molecule has 0 spiro atoms. The lowest BCUT2D eigenvalue weighted by molar-refractivity contribution is 0.0679. The zero-order valence-corrected chi connectivity index (χ0v) is 24.3. The minimum atomic E-state index is 0.115. The van der Waals surface area contributed by atoms with Gasteiger partial charge in [0.1, 0.15) is 5.65 Å². The zero-order valence-electron chi connectivity index (χ0n) is 24.3. The second-order valence-corrected chi connectivity index (χ2v) is 12.0. The molecular formula is C34H41N5O. The number of hydrogen-bond donors (Lipinski definition) is 1. The first kappa shape index (κ1) is 26.6. The van der Waals surface area contributed by atoms with Crippen molar-refractivity contribution in [2.24, 2.45) is 5.92 Å². The predicted octanol–water partition coefficient (Wildman–Crippen LogP) is 6.61. The number of benzene rings is 2. The second-order valence-electron chi connectivity index (χ2n) is 12.0. The molecule has 0 bridgehead atoms. The Morgan fingerprint density at radius 1 is 0.925 bits per heavy atom. The monoisotopic (exact) mass is 535 g/mol. The molecule has 2 aliphatic rings. The van der Waals surface area contributed by atoms with Gasteiger partial charge in [0.2, 0.25) is 0 Å². The van der Waals surface area contributed by atoms with Crippen molar-refractivity contribution >= 4 is 22.6 Å². The number of aromatic nitrogens is 2. The summed E-state index contributed by atoms with van der Waals surface area (Å²) in [6, 6.07) is 17.4.